The number of hydrogen-bond acceptors (Lipinski definition) is 3. The molecule has 0 radical (unpaired) electrons. The normalized spacial score (nSPS) is 26.8. The predicted octanol–water partition coefficient (Wildman–Crippen LogP) is 2.50. The molecular formula is C17H21FN2O2. The quantitative estimate of drug-likeness (QED) is 0.788. The zero-order chi connectivity index (χ0) is 15.9. The molecule has 3 rings (SSSR count). The summed E-state index contributed by atoms with van der Waals surface area (Å²) in [6, 6.07) is 4.15. The molecular weight excluding hydrogens is 283 g/mol. The van der Waals surface area contributed by atoms with Crippen LogP contribution >= 0.6 is 0 Å². The van der Waals surface area contributed by atoms with Gasteiger partial charge in [0.15, 0.2) is 0 Å². The number of amides is 2. The third-order valence-corrected chi connectivity index (χ3v) is 4.60. The lowest BCUT2D eigenvalue weighted by Gasteiger charge is -2.34. The first-order valence-corrected chi connectivity index (χ1v) is 7.84. The molecule has 4 nitrogen and oxygen atoms in total. The van der Waals surface area contributed by atoms with Gasteiger partial charge in [0.05, 0.1) is 18.2 Å². The Hall–Kier alpha value is -1.75. The number of nitrogens with zero attached hydrogens (tertiary/aromatic N) is 2. The van der Waals surface area contributed by atoms with Gasteiger partial charge in [0.2, 0.25) is 5.91 Å². The van der Waals surface area contributed by atoms with Gasteiger partial charge in [-0.25, -0.2) is 9.29 Å². The first-order valence-electron chi connectivity index (χ1n) is 7.84. The first kappa shape index (κ1) is 15.2. The third kappa shape index (κ3) is 2.65. The maximum atomic E-state index is 14.1. The Kier molecular flexibility index (Phi) is 4.00. The maximum absolute atomic E-state index is 14.1. The minimum absolute atomic E-state index is 0.0770. The molecule has 2 atom stereocenters. The summed E-state index contributed by atoms with van der Waals surface area (Å²) in [5.74, 6) is -0.589. The molecule has 2 amide bonds. The van der Waals surface area contributed by atoms with Gasteiger partial charge >= 0.3 is 0 Å². The molecule has 118 valence electrons. The van der Waals surface area contributed by atoms with Crippen molar-refractivity contribution in [2.24, 2.45) is 5.92 Å². The molecule has 2 unspecified atom stereocenters. The topological polar surface area (TPSA) is 40.6 Å². The van der Waals surface area contributed by atoms with E-state index in [0.717, 1.165) is 36.4 Å². The van der Waals surface area contributed by atoms with E-state index in [1.165, 1.54) is 12.1 Å². The Balaban J connectivity index is 1.85. The summed E-state index contributed by atoms with van der Waals surface area (Å²) in [5, 5.41) is 0. The minimum atomic E-state index is -0.519. The number of halogens is 1. The lowest BCUT2D eigenvalue weighted by molar-refractivity contribution is -0.123. The van der Waals surface area contributed by atoms with E-state index in [0.29, 0.717) is 5.92 Å². The van der Waals surface area contributed by atoms with Crippen molar-refractivity contribution >= 4 is 17.5 Å². The van der Waals surface area contributed by atoms with Gasteiger partial charge in [-0.3, -0.25) is 14.5 Å². The van der Waals surface area contributed by atoms with Crippen molar-refractivity contribution in [1.29, 1.82) is 0 Å². The molecule has 2 aliphatic heterocycles. The molecule has 2 saturated heterocycles. The van der Waals surface area contributed by atoms with Crippen LogP contribution in [0.25, 0.3) is 0 Å². The van der Waals surface area contributed by atoms with Gasteiger partial charge in [0.25, 0.3) is 5.91 Å². The average Bonchev–Trinajstić information content (AvgIpc) is 2.75. The summed E-state index contributed by atoms with van der Waals surface area (Å²) in [6.07, 6.45) is 2.35. The number of likely N-dealkylation sites (tertiary alicyclic amines) is 1. The highest BCUT2D eigenvalue weighted by Crippen LogP contribution is 2.30. The maximum Gasteiger partial charge on any atom is 0.251 e. The molecule has 0 N–H and O–H groups in total. The van der Waals surface area contributed by atoms with Crippen molar-refractivity contribution in [3.8, 4) is 0 Å². The van der Waals surface area contributed by atoms with E-state index in [-0.39, 0.29) is 23.9 Å². The molecule has 0 bridgehead atoms. The van der Waals surface area contributed by atoms with Gasteiger partial charge in [0.1, 0.15) is 5.82 Å². The molecule has 22 heavy (non-hydrogen) atoms. The summed E-state index contributed by atoms with van der Waals surface area (Å²) < 4.78 is 14.1. The predicted molar refractivity (Wildman–Crippen MR) is 82.0 cm³/mol. The van der Waals surface area contributed by atoms with E-state index in [1.54, 1.807) is 13.0 Å². The monoisotopic (exact) mass is 304 g/mol. The van der Waals surface area contributed by atoms with Crippen LogP contribution in [0.1, 0.15) is 31.7 Å². The number of anilines is 1. The van der Waals surface area contributed by atoms with Crippen LogP contribution in [0.15, 0.2) is 18.2 Å². The van der Waals surface area contributed by atoms with Gasteiger partial charge < -0.3 is 0 Å². The van der Waals surface area contributed by atoms with Crippen molar-refractivity contribution < 1.29 is 14.0 Å². The molecule has 0 aromatic heterocycles. The van der Waals surface area contributed by atoms with Crippen LogP contribution in [0.2, 0.25) is 0 Å². The molecule has 2 heterocycles. The van der Waals surface area contributed by atoms with Crippen LogP contribution in [0, 0.1) is 18.7 Å². The highest BCUT2D eigenvalue weighted by atomic mass is 19.1. The number of hydrogen-bond donors (Lipinski definition) is 0. The number of aryl methyl sites for hydroxylation is 1. The van der Waals surface area contributed by atoms with E-state index in [4.69, 9.17) is 0 Å². The van der Waals surface area contributed by atoms with E-state index < -0.39 is 11.9 Å². The summed E-state index contributed by atoms with van der Waals surface area (Å²) >= 11 is 0. The molecule has 5 heteroatoms. The molecule has 0 aliphatic carbocycles. The standard InChI is InChI=1S/C17H21FN2O2/c1-11-5-6-14(13(18)8-11)20-16(21)9-15(17(20)22)19-7-3-4-12(2)10-19/h5-6,8,12,15H,3-4,7,9-10H2,1-2H3. The van der Waals surface area contributed by atoms with E-state index in [2.05, 4.69) is 11.8 Å². The van der Waals surface area contributed by atoms with Gasteiger partial charge in [-0.1, -0.05) is 13.0 Å². The summed E-state index contributed by atoms with van der Waals surface area (Å²) in [5.41, 5.74) is 0.843. The third-order valence-electron chi connectivity index (χ3n) is 4.60. The minimum Gasteiger partial charge on any atom is -0.291 e. The summed E-state index contributed by atoms with van der Waals surface area (Å²) in [7, 11) is 0. The number of carbonyl (C=O) groups is 2. The Morgan fingerprint density at radius 1 is 1.27 bits per heavy atom. The largest absolute Gasteiger partial charge is 0.291 e. The fraction of sp³-hybridized carbons (Fsp3) is 0.529. The lowest BCUT2D eigenvalue weighted by atomic mass is 9.98. The number of imide groups is 1. The fourth-order valence-corrected chi connectivity index (χ4v) is 3.46. The Morgan fingerprint density at radius 2 is 2.05 bits per heavy atom. The van der Waals surface area contributed by atoms with Crippen LogP contribution < -0.4 is 4.90 Å². The first-order chi connectivity index (χ1) is 10.5. The average molecular weight is 304 g/mol. The van der Waals surface area contributed by atoms with Gasteiger partial charge in [-0.2, -0.15) is 0 Å². The Labute approximate surface area is 129 Å². The van der Waals surface area contributed by atoms with E-state index in [9.17, 15) is 14.0 Å². The summed E-state index contributed by atoms with van der Waals surface area (Å²) in [6.45, 7) is 5.59. The number of rotatable bonds is 2. The van der Waals surface area contributed by atoms with Crippen molar-refractivity contribution in [2.75, 3.05) is 18.0 Å². The van der Waals surface area contributed by atoms with E-state index >= 15 is 0 Å². The van der Waals surface area contributed by atoms with Crippen LogP contribution in [0.4, 0.5) is 10.1 Å². The zero-order valence-electron chi connectivity index (χ0n) is 13.0. The van der Waals surface area contributed by atoms with Crippen molar-refractivity contribution in [2.45, 2.75) is 39.2 Å². The van der Waals surface area contributed by atoms with Crippen LogP contribution in [0.3, 0.4) is 0 Å². The SMILES string of the molecule is Cc1ccc(N2C(=O)CC(N3CCCC(C)C3)C2=O)c(F)c1. The molecule has 1 aromatic rings. The Morgan fingerprint density at radius 3 is 2.73 bits per heavy atom. The fourth-order valence-electron chi connectivity index (χ4n) is 3.46. The lowest BCUT2D eigenvalue weighted by Crippen LogP contribution is -2.46. The highest BCUT2D eigenvalue weighted by Gasteiger charge is 2.44. The molecule has 2 aliphatic rings. The molecule has 1 aromatic carbocycles. The van der Waals surface area contributed by atoms with Crippen LogP contribution in [0.5, 0.6) is 0 Å². The molecule has 0 spiro atoms. The van der Waals surface area contributed by atoms with Crippen molar-refractivity contribution in [3.05, 3.63) is 29.6 Å². The Bertz CT molecular complexity index is 617. The number of benzene rings is 1. The second-order valence-corrected chi connectivity index (χ2v) is 6.48. The zero-order valence-corrected chi connectivity index (χ0v) is 13.0. The van der Waals surface area contributed by atoms with Crippen LogP contribution in [-0.4, -0.2) is 35.8 Å². The van der Waals surface area contributed by atoms with Crippen molar-refractivity contribution in [1.82, 2.24) is 4.90 Å². The van der Waals surface area contributed by atoms with Gasteiger partial charge in [-0.15, -0.1) is 0 Å². The highest BCUT2D eigenvalue weighted by molar-refractivity contribution is 6.22. The molecule has 0 saturated carbocycles. The number of carbonyl (C=O) groups excluding carboxylic acids is 2. The smallest absolute Gasteiger partial charge is 0.251 e. The summed E-state index contributed by atoms with van der Waals surface area (Å²) in [4.78, 5) is 28.0. The second kappa shape index (κ2) is 5.80. The molecule has 2 fully saturated rings. The van der Waals surface area contributed by atoms with Crippen LogP contribution in [-0.2, 0) is 9.59 Å². The van der Waals surface area contributed by atoms with E-state index in [1.807, 2.05) is 0 Å². The van der Waals surface area contributed by atoms with Gasteiger partial charge in [0, 0.05) is 6.54 Å². The van der Waals surface area contributed by atoms with Crippen molar-refractivity contribution in [3.63, 3.8) is 0 Å². The second-order valence-electron chi connectivity index (χ2n) is 6.48. The number of piperidine rings is 1. The van der Waals surface area contributed by atoms with Gasteiger partial charge in [-0.05, 0) is 49.9 Å².